The Labute approximate surface area is 137 Å². The number of carbonyl (C=O) groups excluding carboxylic acids is 1. The zero-order valence-corrected chi connectivity index (χ0v) is 13.8. The molecule has 0 aliphatic rings. The lowest BCUT2D eigenvalue weighted by molar-refractivity contribution is 0.00361. The number of aliphatic hydroxyl groups excluding tert-OH is 1. The lowest BCUT2D eigenvalue weighted by Crippen LogP contribution is -2.34. The van der Waals surface area contributed by atoms with E-state index >= 15 is 0 Å². The molecule has 2 aromatic carbocycles. The number of carbonyl (C=O) groups is 1. The molecule has 1 amide bonds. The maximum absolute atomic E-state index is 11.9. The van der Waals surface area contributed by atoms with Crippen molar-refractivity contribution >= 4 is 11.8 Å². The Morgan fingerprint density at radius 1 is 1.13 bits per heavy atom. The first-order valence-corrected chi connectivity index (χ1v) is 7.63. The number of hydrogen-bond acceptors (Lipinski definition) is 3. The Balaban J connectivity index is 2.04. The van der Waals surface area contributed by atoms with E-state index in [1.54, 1.807) is 13.8 Å². The highest BCUT2D eigenvalue weighted by Gasteiger charge is 2.21. The molecule has 0 heterocycles. The molecule has 2 rings (SSSR count). The second kappa shape index (κ2) is 7.29. The van der Waals surface area contributed by atoms with E-state index in [2.05, 4.69) is 30.4 Å². The third kappa shape index (κ3) is 5.42. The van der Waals surface area contributed by atoms with E-state index in [-0.39, 0.29) is 6.61 Å². The van der Waals surface area contributed by atoms with Crippen molar-refractivity contribution in [2.75, 3.05) is 11.9 Å². The normalized spacial score (nSPS) is 11.1. The van der Waals surface area contributed by atoms with Crippen LogP contribution in [0.2, 0.25) is 0 Å². The molecule has 0 atom stereocenters. The second-order valence-electron chi connectivity index (χ2n) is 6.30. The van der Waals surface area contributed by atoms with E-state index in [0.29, 0.717) is 5.69 Å². The van der Waals surface area contributed by atoms with Crippen LogP contribution < -0.4 is 5.32 Å². The highest BCUT2D eigenvalue weighted by Crippen LogP contribution is 2.17. The molecule has 2 aromatic rings. The summed E-state index contributed by atoms with van der Waals surface area (Å²) in [7, 11) is 0. The van der Waals surface area contributed by atoms with Crippen molar-refractivity contribution in [1.29, 1.82) is 0 Å². The van der Waals surface area contributed by atoms with Crippen molar-refractivity contribution in [3.63, 3.8) is 0 Å². The molecule has 0 fully saturated rings. The van der Waals surface area contributed by atoms with Gasteiger partial charge in [-0.3, -0.25) is 5.32 Å². The molecular weight excluding hydrogens is 290 g/mol. The van der Waals surface area contributed by atoms with Crippen LogP contribution in [0.1, 0.15) is 30.5 Å². The lowest BCUT2D eigenvalue weighted by atomic mass is 10.0. The van der Waals surface area contributed by atoms with E-state index in [4.69, 9.17) is 9.84 Å². The van der Waals surface area contributed by atoms with Crippen LogP contribution in [0.4, 0.5) is 10.5 Å². The number of ether oxygens (including phenoxy) is 1. The van der Waals surface area contributed by atoms with Gasteiger partial charge in [-0.1, -0.05) is 42.0 Å². The van der Waals surface area contributed by atoms with E-state index in [1.165, 1.54) is 11.1 Å². The van der Waals surface area contributed by atoms with Gasteiger partial charge in [0.15, 0.2) is 0 Å². The molecule has 4 nitrogen and oxygen atoms in total. The molecule has 0 saturated heterocycles. The number of aliphatic hydroxyl groups is 1. The molecule has 0 spiro atoms. The Morgan fingerprint density at radius 2 is 1.78 bits per heavy atom. The van der Waals surface area contributed by atoms with Crippen molar-refractivity contribution in [3.8, 4) is 0 Å². The van der Waals surface area contributed by atoms with Gasteiger partial charge in [-0.2, -0.15) is 0 Å². The van der Waals surface area contributed by atoms with Gasteiger partial charge in [-0.25, -0.2) is 4.79 Å². The molecule has 2 N–H and O–H groups in total. The summed E-state index contributed by atoms with van der Waals surface area (Å²) >= 11 is 0. The Bertz CT molecular complexity index is 680. The van der Waals surface area contributed by atoms with Crippen LogP contribution in [-0.2, 0) is 11.2 Å². The van der Waals surface area contributed by atoms with E-state index < -0.39 is 11.7 Å². The Kier molecular flexibility index (Phi) is 5.40. The monoisotopic (exact) mass is 313 g/mol. The molecule has 0 saturated carbocycles. The average molecular weight is 313 g/mol. The van der Waals surface area contributed by atoms with Crippen molar-refractivity contribution in [3.05, 3.63) is 65.2 Å². The maximum Gasteiger partial charge on any atom is 0.412 e. The smallest absolute Gasteiger partial charge is 0.412 e. The zero-order chi connectivity index (χ0) is 16.9. The standard InChI is InChI=1S/C19H23NO3/c1-14-6-4-7-15(10-14)11-16-8-5-9-17(12-16)20-18(22)23-19(2,3)13-21/h4-10,12,21H,11,13H2,1-3H3,(H,20,22). The highest BCUT2D eigenvalue weighted by molar-refractivity contribution is 5.85. The summed E-state index contributed by atoms with van der Waals surface area (Å²) in [5.41, 5.74) is 3.34. The van der Waals surface area contributed by atoms with Crippen LogP contribution in [0.25, 0.3) is 0 Å². The summed E-state index contributed by atoms with van der Waals surface area (Å²) in [5, 5.41) is 11.8. The molecular formula is C19H23NO3. The van der Waals surface area contributed by atoms with Gasteiger partial charge >= 0.3 is 6.09 Å². The maximum atomic E-state index is 11.9. The summed E-state index contributed by atoms with van der Waals surface area (Å²) in [5.74, 6) is 0. The van der Waals surface area contributed by atoms with Gasteiger partial charge in [0.25, 0.3) is 0 Å². The van der Waals surface area contributed by atoms with Gasteiger partial charge in [-0.15, -0.1) is 0 Å². The number of amides is 1. The van der Waals surface area contributed by atoms with Gasteiger partial charge < -0.3 is 9.84 Å². The van der Waals surface area contributed by atoms with Crippen LogP contribution in [-0.4, -0.2) is 23.4 Å². The first-order chi connectivity index (χ1) is 10.9. The van der Waals surface area contributed by atoms with Gasteiger partial charge in [0.1, 0.15) is 5.60 Å². The Hall–Kier alpha value is -2.33. The van der Waals surface area contributed by atoms with Crippen molar-refractivity contribution in [1.82, 2.24) is 0 Å². The van der Waals surface area contributed by atoms with Crippen molar-refractivity contribution in [2.45, 2.75) is 32.8 Å². The number of nitrogens with one attached hydrogen (secondary N) is 1. The minimum Gasteiger partial charge on any atom is -0.441 e. The lowest BCUT2D eigenvalue weighted by Gasteiger charge is -2.22. The molecule has 0 unspecified atom stereocenters. The molecule has 0 bridgehead atoms. The minimum absolute atomic E-state index is 0.228. The predicted octanol–water partition coefficient (Wildman–Crippen LogP) is 3.91. The minimum atomic E-state index is -0.900. The topological polar surface area (TPSA) is 58.6 Å². The van der Waals surface area contributed by atoms with Gasteiger partial charge in [0, 0.05) is 5.69 Å². The largest absolute Gasteiger partial charge is 0.441 e. The molecule has 4 heteroatoms. The summed E-state index contributed by atoms with van der Waals surface area (Å²) in [4.78, 5) is 11.9. The van der Waals surface area contributed by atoms with Gasteiger partial charge in [0.2, 0.25) is 0 Å². The number of hydrogen-bond donors (Lipinski definition) is 2. The number of anilines is 1. The summed E-state index contributed by atoms with van der Waals surface area (Å²) < 4.78 is 5.16. The van der Waals surface area contributed by atoms with Gasteiger partial charge in [0.05, 0.1) is 6.61 Å². The van der Waals surface area contributed by atoms with Crippen LogP contribution in [0.15, 0.2) is 48.5 Å². The number of benzene rings is 2. The average Bonchev–Trinajstić information content (AvgIpc) is 2.47. The molecule has 23 heavy (non-hydrogen) atoms. The quantitative estimate of drug-likeness (QED) is 0.880. The van der Waals surface area contributed by atoms with Crippen molar-refractivity contribution < 1.29 is 14.6 Å². The number of rotatable bonds is 5. The summed E-state index contributed by atoms with van der Waals surface area (Å²) in [6.07, 6.45) is 0.228. The summed E-state index contributed by atoms with van der Waals surface area (Å²) in [6, 6.07) is 16.0. The molecule has 0 aromatic heterocycles. The van der Waals surface area contributed by atoms with Crippen LogP contribution in [0.3, 0.4) is 0 Å². The van der Waals surface area contributed by atoms with E-state index in [0.717, 1.165) is 12.0 Å². The zero-order valence-electron chi connectivity index (χ0n) is 13.8. The third-order valence-corrected chi connectivity index (χ3v) is 3.41. The highest BCUT2D eigenvalue weighted by atomic mass is 16.6. The molecule has 122 valence electrons. The Morgan fingerprint density at radius 3 is 2.43 bits per heavy atom. The predicted molar refractivity (Wildman–Crippen MR) is 91.7 cm³/mol. The fourth-order valence-electron chi connectivity index (χ4n) is 2.24. The fourth-order valence-corrected chi connectivity index (χ4v) is 2.24. The van der Waals surface area contributed by atoms with E-state index in [1.807, 2.05) is 30.3 Å². The second-order valence-corrected chi connectivity index (χ2v) is 6.30. The van der Waals surface area contributed by atoms with Crippen LogP contribution >= 0.6 is 0 Å². The number of aryl methyl sites for hydroxylation is 1. The van der Waals surface area contributed by atoms with Crippen LogP contribution in [0.5, 0.6) is 0 Å². The van der Waals surface area contributed by atoms with E-state index in [9.17, 15) is 4.79 Å². The first-order valence-electron chi connectivity index (χ1n) is 7.63. The van der Waals surface area contributed by atoms with Crippen LogP contribution in [0, 0.1) is 6.92 Å². The summed E-state index contributed by atoms with van der Waals surface area (Å²) in [6.45, 7) is 5.15. The third-order valence-electron chi connectivity index (χ3n) is 3.41. The molecule has 0 aliphatic carbocycles. The molecule has 0 radical (unpaired) electrons. The fraction of sp³-hybridized carbons (Fsp3) is 0.316. The first kappa shape index (κ1) is 17.0. The molecule has 0 aliphatic heterocycles. The van der Waals surface area contributed by atoms with Crippen molar-refractivity contribution in [2.24, 2.45) is 0 Å². The van der Waals surface area contributed by atoms with Gasteiger partial charge in [-0.05, 0) is 50.5 Å². The SMILES string of the molecule is Cc1cccc(Cc2cccc(NC(=O)OC(C)(C)CO)c2)c1.